The number of anilines is 2. The van der Waals surface area contributed by atoms with E-state index in [1.54, 1.807) is 43.1 Å². The van der Waals surface area contributed by atoms with E-state index in [-0.39, 0.29) is 5.91 Å². The van der Waals surface area contributed by atoms with Gasteiger partial charge in [0.1, 0.15) is 17.3 Å². The van der Waals surface area contributed by atoms with Gasteiger partial charge in [0.15, 0.2) is 5.65 Å². The molecule has 1 N–H and O–H groups in total. The molecular formula is C29H27N7O4. The zero-order valence-corrected chi connectivity index (χ0v) is 22.3. The first-order valence-corrected chi connectivity index (χ1v) is 12.6. The minimum absolute atomic E-state index is 0.0197. The number of methoxy groups -OCH3 is 3. The summed E-state index contributed by atoms with van der Waals surface area (Å²) >= 11 is 0. The van der Waals surface area contributed by atoms with Crippen LogP contribution < -0.4 is 19.5 Å². The van der Waals surface area contributed by atoms with Crippen LogP contribution in [0.1, 0.15) is 32.9 Å². The van der Waals surface area contributed by atoms with E-state index in [0.29, 0.717) is 54.0 Å². The van der Waals surface area contributed by atoms with Crippen molar-refractivity contribution >= 4 is 23.2 Å². The Morgan fingerprint density at radius 1 is 0.925 bits per heavy atom. The highest BCUT2D eigenvalue weighted by Crippen LogP contribution is 2.31. The largest absolute Gasteiger partial charge is 0.497 e. The number of nitrogens with one attached hydrogen (secondary N) is 1. The van der Waals surface area contributed by atoms with Gasteiger partial charge < -0.3 is 24.4 Å². The number of pyridine rings is 1. The molecule has 202 valence electrons. The Labute approximate surface area is 230 Å². The van der Waals surface area contributed by atoms with Crippen molar-refractivity contribution in [3.8, 4) is 17.4 Å². The summed E-state index contributed by atoms with van der Waals surface area (Å²) in [5.74, 6) is 3.07. The molecule has 11 nitrogen and oxygen atoms in total. The molecule has 0 radical (unpaired) electrons. The monoisotopic (exact) mass is 537 g/mol. The molecular weight excluding hydrogens is 510 g/mol. The van der Waals surface area contributed by atoms with E-state index in [2.05, 4.69) is 25.4 Å². The van der Waals surface area contributed by atoms with Gasteiger partial charge in [-0.25, -0.2) is 9.97 Å². The van der Waals surface area contributed by atoms with Crippen LogP contribution in [-0.4, -0.2) is 56.7 Å². The van der Waals surface area contributed by atoms with Crippen molar-refractivity contribution in [2.45, 2.75) is 19.5 Å². The summed E-state index contributed by atoms with van der Waals surface area (Å²) in [6.07, 6.45) is 3.96. The molecule has 11 heteroatoms. The number of nitrogens with zero attached hydrogens (tertiary/aromatic N) is 6. The number of amides is 1. The number of fused-ring (bicyclic) bond motifs is 2. The fourth-order valence-corrected chi connectivity index (χ4v) is 4.80. The van der Waals surface area contributed by atoms with Crippen molar-refractivity contribution in [3.63, 3.8) is 0 Å². The second kappa shape index (κ2) is 10.5. The fourth-order valence-electron chi connectivity index (χ4n) is 4.80. The first-order chi connectivity index (χ1) is 19.5. The van der Waals surface area contributed by atoms with Crippen LogP contribution in [0.3, 0.4) is 0 Å². The predicted molar refractivity (Wildman–Crippen MR) is 147 cm³/mol. The number of carbonyl (C=O) groups is 1. The lowest BCUT2D eigenvalue weighted by molar-refractivity contribution is 0.0765. The van der Waals surface area contributed by atoms with Crippen molar-refractivity contribution in [1.82, 2.24) is 29.5 Å². The third-order valence-electron chi connectivity index (χ3n) is 6.79. The van der Waals surface area contributed by atoms with Crippen LogP contribution in [0, 0.1) is 0 Å². The van der Waals surface area contributed by atoms with Gasteiger partial charge in [-0.05, 0) is 47.5 Å². The lowest BCUT2D eigenvalue weighted by Gasteiger charge is -2.18. The number of benzene rings is 2. The number of hydrogen-bond acceptors (Lipinski definition) is 9. The van der Waals surface area contributed by atoms with Crippen LogP contribution in [-0.2, 0) is 19.5 Å². The highest BCUT2D eigenvalue weighted by atomic mass is 16.5. The molecule has 0 saturated heterocycles. The Kier molecular flexibility index (Phi) is 6.61. The Balaban J connectivity index is 1.19. The molecule has 0 saturated carbocycles. The number of hydrogen-bond donors (Lipinski definition) is 1. The third kappa shape index (κ3) is 4.84. The van der Waals surface area contributed by atoms with Crippen LogP contribution in [0.5, 0.6) is 17.4 Å². The average Bonchev–Trinajstić information content (AvgIpc) is 3.53. The molecule has 1 aliphatic rings. The zero-order chi connectivity index (χ0) is 27.6. The first kappa shape index (κ1) is 25.1. The SMILES string of the molecule is COc1ccc(CN2Cc3cc(Nc4nc5ccnc(Cc6ccnc(OC)c6)n5n4)ccc3C2=O)c(OC)c1. The molecule has 0 bridgehead atoms. The summed E-state index contributed by atoms with van der Waals surface area (Å²) < 4.78 is 17.8. The van der Waals surface area contributed by atoms with E-state index in [1.165, 1.54) is 0 Å². The van der Waals surface area contributed by atoms with Crippen molar-refractivity contribution < 1.29 is 19.0 Å². The average molecular weight is 538 g/mol. The minimum atomic E-state index is -0.0197. The molecule has 3 aromatic heterocycles. The van der Waals surface area contributed by atoms with Crippen LogP contribution in [0.15, 0.2) is 67.0 Å². The van der Waals surface area contributed by atoms with Gasteiger partial charge in [-0.1, -0.05) is 0 Å². The van der Waals surface area contributed by atoms with Gasteiger partial charge in [0.2, 0.25) is 11.8 Å². The maximum absolute atomic E-state index is 13.1. The van der Waals surface area contributed by atoms with E-state index in [1.807, 2.05) is 54.6 Å². The van der Waals surface area contributed by atoms with Crippen LogP contribution >= 0.6 is 0 Å². The van der Waals surface area contributed by atoms with Crippen molar-refractivity contribution in [1.29, 1.82) is 0 Å². The minimum Gasteiger partial charge on any atom is -0.497 e. The van der Waals surface area contributed by atoms with E-state index in [9.17, 15) is 4.79 Å². The molecule has 0 spiro atoms. The van der Waals surface area contributed by atoms with Crippen LogP contribution in [0.2, 0.25) is 0 Å². The predicted octanol–water partition coefficient (Wildman–Crippen LogP) is 4.04. The lowest BCUT2D eigenvalue weighted by Crippen LogP contribution is -2.23. The van der Waals surface area contributed by atoms with Crippen LogP contribution in [0.4, 0.5) is 11.6 Å². The number of ether oxygens (including phenoxy) is 3. The highest BCUT2D eigenvalue weighted by molar-refractivity contribution is 5.98. The number of carbonyl (C=O) groups excluding carboxylic acids is 1. The molecule has 40 heavy (non-hydrogen) atoms. The Hall–Kier alpha value is -5.19. The fraction of sp³-hybridized carbons (Fsp3) is 0.207. The molecule has 5 aromatic rings. The topological polar surface area (TPSA) is 116 Å². The van der Waals surface area contributed by atoms with E-state index >= 15 is 0 Å². The normalized spacial score (nSPS) is 12.5. The maximum atomic E-state index is 13.1. The molecule has 0 atom stereocenters. The Morgan fingerprint density at radius 2 is 1.80 bits per heavy atom. The molecule has 0 unspecified atom stereocenters. The lowest BCUT2D eigenvalue weighted by atomic mass is 10.1. The summed E-state index contributed by atoms with van der Waals surface area (Å²) in [7, 11) is 4.81. The van der Waals surface area contributed by atoms with Gasteiger partial charge >= 0.3 is 0 Å². The molecule has 1 amide bonds. The van der Waals surface area contributed by atoms with E-state index < -0.39 is 0 Å². The van der Waals surface area contributed by atoms with Gasteiger partial charge in [-0.15, -0.1) is 5.10 Å². The molecule has 1 aliphatic heterocycles. The van der Waals surface area contributed by atoms with Crippen molar-refractivity contribution in [2.24, 2.45) is 0 Å². The van der Waals surface area contributed by atoms with Crippen LogP contribution in [0.25, 0.3) is 5.65 Å². The molecule has 4 heterocycles. The Morgan fingerprint density at radius 3 is 2.62 bits per heavy atom. The van der Waals surface area contributed by atoms with E-state index in [0.717, 1.165) is 28.2 Å². The summed E-state index contributed by atoms with van der Waals surface area (Å²) in [6, 6.07) is 16.9. The standard InChI is InChI=1S/C29H27N7O4/c1-38-22-6-4-19(24(15-22)39-2)16-35-17-20-14-21(5-7-23(20)28(35)37)32-29-33-25-9-11-30-26(36(25)34-29)12-18-8-10-31-27(13-18)40-3/h4-11,13-15H,12,16-17H2,1-3H3,(H,32,34). The van der Waals surface area contributed by atoms with Gasteiger partial charge in [0.05, 0.1) is 21.3 Å². The summed E-state index contributed by atoms with van der Waals surface area (Å²) in [5.41, 5.74) is 4.98. The van der Waals surface area contributed by atoms with Gasteiger partial charge in [0, 0.05) is 66.9 Å². The molecule has 0 fully saturated rings. The molecule has 2 aromatic carbocycles. The number of rotatable bonds is 9. The van der Waals surface area contributed by atoms with Gasteiger partial charge in [-0.3, -0.25) is 4.79 Å². The highest BCUT2D eigenvalue weighted by Gasteiger charge is 2.28. The zero-order valence-electron chi connectivity index (χ0n) is 22.3. The van der Waals surface area contributed by atoms with E-state index in [4.69, 9.17) is 14.2 Å². The molecule has 6 rings (SSSR count). The Bertz CT molecular complexity index is 1720. The van der Waals surface area contributed by atoms with Crippen molar-refractivity contribution in [3.05, 3.63) is 95.1 Å². The first-order valence-electron chi connectivity index (χ1n) is 12.6. The third-order valence-corrected chi connectivity index (χ3v) is 6.79. The van der Waals surface area contributed by atoms with Crippen molar-refractivity contribution in [2.75, 3.05) is 26.6 Å². The summed E-state index contributed by atoms with van der Waals surface area (Å²) in [5, 5.41) is 7.92. The smallest absolute Gasteiger partial charge is 0.254 e. The summed E-state index contributed by atoms with van der Waals surface area (Å²) in [4.78, 5) is 28.2. The number of aromatic nitrogens is 5. The van der Waals surface area contributed by atoms with Gasteiger partial charge in [0.25, 0.3) is 5.91 Å². The summed E-state index contributed by atoms with van der Waals surface area (Å²) in [6.45, 7) is 0.914. The maximum Gasteiger partial charge on any atom is 0.254 e. The second-order valence-electron chi connectivity index (χ2n) is 9.29. The quantitative estimate of drug-likeness (QED) is 0.297. The van der Waals surface area contributed by atoms with Gasteiger partial charge in [-0.2, -0.15) is 9.50 Å². The second-order valence-corrected chi connectivity index (χ2v) is 9.29. The molecule has 0 aliphatic carbocycles.